The minimum absolute atomic E-state index is 0.0616. The summed E-state index contributed by atoms with van der Waals surface area (Å²) >= 11 is 0. The lowest BCUT2D eigenvalue weighted by Crippen LogP contribution is -2.62. The lowest BCUT2D eigenvalue weighted by molar-refractivity contribution is -0.148. The van der Waals surface area contributed by atoms with E-state index in [1.165, 1.54) is 4.90 Å². The number of Topliss-reactive ketones (excluding diaryl/α,β-unsaturated/α-hetero) is 1. The van der Waals surface area contributed by atoms with Crippen molar-refractivity contribution in [2.75, 3.05) is 6.54 Å². The van der Waals surface area contributed by atoms with Crippen LogP contribution in [0.4, 0.5) is 4.79 Å². The van der Waals surface area contributed by atoms with Gasteiger partial charge in [-0.15, -0.1) is 0 Å². The van der Waals surface area contributed by atoms with Crippen molar-refractivity contribution in [1.29, 1.82) is 0 Å². The zero-order chi connectivity index (χ0) is 35.0. The van der Waals surface area contributed by atoms with Gasteiger partial charge in [0.25, 0.3) is 5.91 Å². The molecular weight excluding hydrogens is 614 g/mol. The number of carbonyl (C=O) groups is 6. The van der Waals surface area contributed by atoms with Crippen molar-refractivity contribution >= 4 is 35.5 Å². The van der Waals surface area contributed by atoms with Gasteiger partial charge >= 0.3 is 12.0 Å². The van der Waals surface area contributed by atoms with Gasteiger partial charge in [0.1, 0.15) is 24.7 Å². The Hall–Kier alpha value is -3.96. The van der Waals surface area contributed by atoms with Gasteiger partial charge in [0.2, 0.25) is 17.6 Å². The van der Waals surface area contributed by atoms with E-state index in [2.05, 4.69) is 16.0 Å². The second kappa shape index (κ2) is 13.9. The summed E-state index contributed by atoms with van der Waals surface area (Å²) in [4.78, 5) is 81.0. The molecule has 0 bridgehead atoms. The maximum atomic E-state index is 14.3. The van der Waals surface area contributed by atoms with Gasteiger partial charge in [0.05, 0.1) is 6.04 Å². The lowest BCUT2D eigenvalue weighted by Gasteiger charge is -2.38. The van der Waals surface area contributed by atoms with Crippen LogP contribution in [-0.4, -0.2) is 71.1 Å². The van der Waals surface area contributed by atoms with E-state index in [-0.39, 0.29) is 35.7 Å². The van der Waals surface area contributed by atoms with Crippen molar-refractivity contribution in [3.05, 3.63) is 35.9 Å². The number of likely N-dealkylation sites (tertiary alicyclic amines) is 1. The number of hydrogen-bond acceptors (Lipinski definition) is 7. The van der Waals surface area contributed by atoms with Crippen molar-refractivity contribution < 1.29 is 33.5 Å². The monoisotopic (exact) mass is 665 g/mol. The number of primary amides is 1. The molecule has 5 N–H and O–H groups in total. The zero-order valence-corrected chi connectivity index (χ0v) is 28.8. The number of ketones is 1. The summed E-state index contributed by atoms with van der Waals surface area (Å²) in [6.07, 6.45) is 5.60. The Bertz CT molecular complexity index is 1410. The number of carbonyl (C=O) groups excluding carboxylic acids is 6. The quantitative estimate of drug-likeness (QED) is 0.185. The molecule has 5 amide bonds. The van der Waals surface area contributed by atoms with E-state index in [1.807, 2.05) is 65.0 Å². The van der Waals surface area contributed by atoms with E-state index in [1.54, 1.807) is 0 Å². The first-order valence-corrected chi connectivity index (χ1v) is 17.3. The number of hydrogen-bond donors (Lipinski definition) is 4. The first-order chi connectivity index (χ1) is 22.6. The van der Waals surface area contributed by atoms with Crippen LogP contribution >= 0.6 is 0 Å². The largest absolute Gasteiger partial charge is 0.459 e. The molecule has 12 heteroatoms. The Morgan fingerprint density at radius 3 is 2.19 bits per heavy atom. The predicted molar refractivity (Wildman–Crippen MR) is 177 cm³/mol. The standard InChI is InChI=1S/C36H51N5O7/c1-35(2,3)29(40-34(47)39-26(22-13-9-10-14-22)33(46)48-19-21-11-7-6-8-12-21)32(45)41-18-23-25(36(23,4)5)27(41)31(44)38-24(17-20-15-16-20)28(42)30(37)43/h6-8,11-12,20,22-27,29H,9-10,13-19H2,1-5H3,(H2,37,43)(H,38,44)(H2,39,40,47)/t23-,24?,25?,26-,27-,29+/m0/s1. The number of rotatable bonds is 13. The second-order valence-corrected chi connectivity index (χ2v) is 15.9. The number of nitrogens with two attached hydrogens (primary N) is 1. The third-order valence-electron chi connectivity index (χ3n) is 10.9. The van der Waals surface area contributed by atoms with E-state index in [4.69, 9.17) is 10.5 Å². The Kier molecular flexibility index (Phi) is 10.2. The lowest BCUT2D eigenvalue weighted by atomic mass is 9.85. The molecule has 5 rings (SSSR count). The number of fused-ring (bicyclic) bond motifs is 1. The molecule has 0 radical (unpaired) electrons. The molecule has 3 saturated carbocycles. The SMILES string of the molecule is CC(C)(C)[C@H](NC(=O)N[C@H](C(=O)OCc1ccccc1)C1CCCC1)C(=O)N1C[C@H]2C([C@H]1C(=O)NC(CC1CC1)C(=O)C(N)=O)C2(C)C. The van der Waals surface area contributed by atoms with Crippen LogP contribution in [0.3, 0.4) is 0 Å². The first kappa shape index (κ1) is 35.3. The smallest absolute Gasteiger partial charge is 0.329 e. The van der Waals surface area contributed by atoms with Gasteiger partial charge in [-0.05, 0) is 59.3 Å². The van der Waals surface area contributed by atoms with E-state index < -0.39 is 65.1 Å². The fourth-order valence-corrected chi connectivity index (χ4v) is 7.77. The van der Waals surface area contributed by atoms with Crippen molar-refractivity contribution in [2.24, 2.45) is 40.2 Å². The highest BCUT2D eigenvalue weighted by molar-refractivity contribution is 6.37. The molecule has 262 valence electrons. The molecule has 1 aromatic carbocycles. The van der Waals surface area contributed by atoms with Crippen molar-refractivity contribution in [1.82, 2.24) is 20.9 Å². The van der Waals surface area contributed by atoms with E-state index in [0.717, 1.165) is 44.1 Å². The van der Waals surface area contributed by atoms with Gasteiger partial charge in [-0.25, -0.2) is 9.59 Å². The molecule has 1 heterocycles. The minimum atomic E-state index is -1.10. The van der Waals surface area contributed by atoms with Crippen LogP contribution in [0.5, 0.6) is 0 Å². The number of esters is 1. The highest BCUT2D eigenvalue weighted by atomic mass is 16.5. The van der Waals surface area contributed by atoms with Gasteiger partial charge in [-0.1, -0.05) is 90.6 Å². The maximum absolute atomic E-state index is 14.3. The molecule has 2 unspecified atom stereocenters. The highest BCUT2D eigenvalue weighted by Crippen LogP contribution is 2.65. The topological polar surface area (TPSA) is 177 Å². The summed E-state index contributed by atoms with van der Waals surface area (Å²) in [5.41, 5.74) is 5.18. The van der Waals surface area contributed by atoms with Crippen LogP contribution in [0.2, 0.25) is 0 Å². The molecule has 4 fully saturated rings. The Balaban J connectivity index is 1.30. The van der Waals surface area contributed by atoms with Crippen LogP contribution in [0.25, 0.3) is 0 Å². The predicted octanol–water partition coefficient (Wildman–Crippen LogP) is 2.82. The van der Waals surface area contributed by atoms with Crippen molar-refractivity contribution in [3.63, 3.8) is 0 Å². The molecule has 12 nitrogen and oxygen atoms in total. The molecule has 1 saturated heterocycles. The number of nitrogens with zero attached hydrogens (tertiary/aromatic N) is 1. The summed E-state index contributed by atoms with van der Waals surface area (Å²) in [7, 11) is 0. The average Bonchev–Trinajstić information content (AvgIpc) is 3.73. The number of urea groups is 1. The summed E-state index contributed by atoms with van der Waals surface area (Å²) in [6, 6.07) is 4.81. The van der Waals surface area contributed by atoms with Gasteiger partial charge in [0, 0.05) is 6.54 Å². The van der Waals surface area contributed by atoms with Gasteiger partial charge in [0.15, 0.2) is 0 Å². The Morgan fingerprint density at radius 1 is 0.958 bits per heavy atom. The molecule has 1 aliphatic heterocycles. The van der Waals surface area contributed by atoms with Gasteiger partial charge in [-0.3, -0.25) is 19.2 Å². The number of nitrogens with one attached hydrogen (secondary N) is 3. The summed E-state index contributed by atoms with van der Waals surface area (Å²) in [6.45, 7) is 9.97. The number of ether oxygens (including phenoxy) is 1. The van der Waals surface area contributed by atoms with Gasteiger partial charge < -0.3 is 31.3 Å². The molecular formula is C36H51N5O7. The maximum Gasteiger partial charge on any atom is 0.329 e. The number of amides is 5. The normalized spacial score (nSPS) is 24.9. The fraction of sp³-hybridized carbons (Fsp3) is 0.667. The van der Waals surface area contributed by atoms with Crippen LogP contribution < -0.4 is 21.7 Å². The first-order valence-electron chi connectivity index (χ1n) is 17.3. The van der Waals surface area contributed by atoms with E-state index >= 15 is 0 Å². The molecule has 48 heavy (non-hydrogen) atoms. The summed E-state index contributed by atoms with van der Waals surface area (Å²) < 4.78 is 5.62. The average molecular weight is 666 g/mol. The third kappa shape index (κ3) is 7.84. The third-order valence-corrected chi connectivity index (χ3v) is 10.9. The molecule has 1 aromatic rings. The summed E-state index contributed by atoms with van der Waals surface area (Å²) in [5, 5.41) is 8.43. The highest BCUT2D eigenvalue weighted by Gasteiger charge is 2.70. The molecule has 0 aromatic heterocycles. The van der Waals surface area contributed by atoms with Crippen LogP contribution in [0.15, 0.2) is 30.3 Å². The van der Waals surface area contributed by atoms with E-state index in [0.29, 0.717) is 13.0 Å². The minimum Gasteiger partial charge on any atom is -0.459 e. The molecule has 0 spiro atoms. The van der Waals surface area contributed by atoms with Crippen molar-refractivity contribution in [3.8, 4) is 0 Å². The Morgan fingerprint density at radius 2 is 1.60 bits per heavy atom. The fourth-order valence-electron chi connectivity index (χ4n) is 7.77. The number of piperidine rings is 1. The Labute approximate surface area is 282 Å². The molecule has 3 aliphatic carbocycles. The van der Waals surface area contributed by atoms with Crippen molar-refractivity contribution in [2.45, 2.75) is 110 Å². The van der Waals surface area contributed by atoms with Gasteiger partial charge in [-0.2, -0.15) is 0 Å². The van der Waals surface area contributed by atoms with Crippen LogP contribution in [0.1, 0.15) is 85.1 Å². The molecule has 4 aliphatic rings. The second-order valence-electron chi connectivity index (χ2n) is 15.9. The number of benzene rings is 1. The van der Waals surface area contributed by atoms with E-state index in [9.17, 15) is 28.8 Å². The zero-order valence-electron chi connectivity index (χ0n) is 28.8. The van der Waals surface area contributed by atoms with Crippen LogP contribution in [-0.2, 0) is 35.3 Å². The van der Waals surface area contributed by atoms with Crippen LogP contribution in [0, 0.1) is 34.5 Å². The summed E-state index contributed by atoms with van der Waals surface area (Å²) in [5.74, 6) is -3.33. The molecule has 6 atom stereocenters.